The fourth-order valence-electron chi connectivity index (χ4n) is 3.35. The van der Waals surface area contributed by atoms with Crippen molar-refractivity contribution in [2.75, 3.05) is 39.5 Å². The molecule has 2 heterocycles. The molecule has 7 nitrogen and oxygen atoms in total. The minimum atomic E-state index is -0.113. The summed E-state index contributed by atoms with van der Waals surface area (Å²) in [4.78, 5) is 14.1. The van der Waals surface area contributed by atoms with Gasteiger partial charge in [-0.25, -0.2) is 5.43 Å². The highest BCUT2D eigenvalue weighted by Crippen LogP contribution is 2.22. The third kappa shape index (κ3) is 4.99. The fraction of sp³-hybridized carbons (Fsp3) is 0.429. The normalized spacial score (nSPS) is 15.1. The summed E-state index contributed by atoms with van der Waals surface area (Å²) in [5, 5.41) is 4.14. The van der Waals surface area contributed by atoms with E-state index in [0.29, 0.717) is 26.4 Å². The number of nitrogens with zero attached hydrogens (tertiary/aromatic N) is 3. The van der Waals surface area contributed by atoms with Gasteiger partial charge in [0.1, 0.15) is 5.75 Å². The zero-order chi connectivity index (χ0) is 19.9. The topological polar surface area (TPSA) is 68.1 Å². The Hall–Kier alpha value is -2.64. The molecular formula is C21H28N4O3. The van der Waals surface area contributed by atoms with Crippen LogP contribution < -0.4 is 10.2 Å². The first-order chi connectivity index (χ1) is 13.6. The van der Waals surface area contributed by atoms with E-state index in [4.69, 9.17) is 9.47 Å². The molecule has 0 spiro atoms. The molecule has 2 aromatic rings. The Kier molecular flexibility index (Phi) is 6.84. The molecule has 0 radical (unpaired) electrons. The molecule has 28 heavy (non-hydrogen) atoms. The molecule has 1 aromatic carbocycles. The zero-order valence-corrected chi connectivity index (χ0v) is 16.8. The largest absolute Gasteiger partial charge is 0.494 e. The van der Waals surface area contributed by atoms with Crippen molar-refractivity contribution in [1.29, 1.82) is 0 Å². The average Bonchev–Trinajstić information content (AvgIpc) is 2.97. The number of morpholine rings is 1. The first-order valence-corrected chi connectivity index (χ1v) is 9.62. The SMILES string of the molecule is CCOc1ccc(-n2c(C)cc(/C=N\NC(=O)CN3CCOCC3)c2C)cc1. The molecule has 1 fully saturated rings. The highest BCUT2D eigenvalue weighted by atomic mass is 16.5. The van der Waals surface area contributed by atoms with Gasteiger partial charge in [-0.2, -0.15) is 5.10 Å². The predicted octanol–water partition coefficient (Wildman–Crippen LogP) is 2.28. The lowest BCUT2D eigenvalue weighted by Crippen LogP contribution is -2.42. The minimum absolute atomic E-state index is 0.113. The van der Waals surface area contributed by atoms with E-state index in [0.717, 1.165) is 41.5 Å². The molecule has 1 amide bonds. The van der Waals surface area contributed by atoms with Crippen molar-refractivity contribution in [2.24, 2.45) is 5.10 Å². The van der Waals surface area contributed by atoms with E-state index >= 15 is 0 Å². The standard InChI is InChI=1S/C21H28N4O3/c1-4-28-20-7-5-19(6-8-20)25-16(2)13-18(17(25)3)14-22-23-21(26)15-24-9-11-27-12-10-24/h5-8,13-14H,4,9-12,15H2,1-3H3,(H,23,26)/b22-14-. The monoisotopic (exact) mass is 384 g/mol. The van der Waals surface area contributed by atoms with Gasteiger partial charge in [0.05, 0.1) is 32.6 Å². The molecule has 1 N–H and O–H groups in total. The van der Waals surface area contributed by atoms with E-state index in [9.17, 15) is 4.79 Å². The average molecular weight is 384 g/mol. The molecule has 0 atom stereocenters. The second-order valence-electron chi connectivity index (χ2n) is 6.77. The second-order valence-corrected chi connectivity index (χ2v) is 6.77. The fourth-order valence-corrected chi connectivity index (χ4v) is 3.35. The molecule has 0 saturated carbocycles. The summed E-state index contributed by atoms with van der Waals surface area (Å²) in [6.07, 6.45) is 1.70. The lowest BCUT2D eigenvalue weighted by atomic mass is 10.2. The molecule has 7 heteroatoms. The highest BCUT2D eigenvalue weighted by molar-refractivity contribution is 5.84. The Morgan fingerprint density at radius 1 is 1.25 bits per heavy atom. The molecule has 1 aliphatic rings. The molecule has 1 aliphatic heterocycles. The van der Waals surface area contributed by atoms with Gasteiger partial charge in [0.2, 0.25) is 0 Å². The van der Waals surface area contributed by atoms with Gasteiger partial charge in [-0.1, -0.05) is 0 Å². The molecule has 0 bridgehead atoms. The van der Waals surface area contributed by atoms with Gasteiger partial charge in [0.15, 0.2) is 0 Å². The van der Waals surface area contributed by atoms with Crippen LogP contribution in [-0.4, -0.2) is 61.0 Å². The summed E-state index contributed by atoms with van der Waals surface area (Å²) in [7, 11) is 0. The number of amides is 1. The third-order valence-electron chi connectivity index (χ3n) is 4.74. The lowest BCUT2D eigenvalue weighted by Gasteiger charge is -2.25. The molecule has 0 unspecified atom stereocenters. The van der Waals surface area contributed by atoms with Crippen molar-refractivity contribution in [3.05, 3.63) is 47.3 Å². The molecule has 150 valence electrons. The van der Waals surface area contributed by atoms with Crippen molar-refractivity contribution in [3.63, 3.8) is 0 Å². The van der Waals surface area contributed by atoms with Gasteiger partial charge < -0.3 is 14.0 Å². The third-order valence-corrected chi connectivity index (χ3v) is 4.74. The number of ether oxygens (including phenoxy) is 2. The van der Waals surface area contributed by atoms with Crippen molar-refractivity contribution in [2.45, 2.75) is 20.8 Å². The van der Waals surface area contributed by atoms with Gasteiger partial charge in [-0.05, 0) is 51.1 Å². The smallest absolute Gasteiger partial charge is 0.254 e. The van der Waals surface area contributed by atoms with Gasteiger partial charge in [-0.15, -0.1) is 0 Å². The summed E-state index contributed by atoms with van der Waals surface area (Å²) in [5.74, 6) is 0.747. The maximum Gasteiger partial charge on any atom is 0.254 e. The van der Waals surface area contributed by atoms with Gasteiger partial charge in [0.25, 0.3) is 5.91 Å². The number of aryl methyl sites for hydroxylation is 1. The van der Waals surface area contributed by atoms with Crippen molar-refractivity contribution in [1.82, 2.24) is 14.9 Å². The van der Waals surface area contributed by atoms with Crippen LogP contribution in [0.2, 0.25) is 0 Å². The van der Waals surface area contributed by atoms with E-state index in [2.05, 4.69) is 33.0 Å². The predicted molar refractivity (Wildman–Crippen MR) is 109 cm³/mol. The molecule has 0 aliphatic carbocycles. The van der Waals surface area contributed by atoms with Crippen LogP contribution in [0.5, 0.6) is 5.75 Å². The molecule has 1 aromatic heterocycles. The van der Waals surface area contributed by atoms with Crippen LogP contribution in [0, 0.1) is 13.8 Å². The summed E-state index contributed by atoms with van der Waals surface area (Å²) >= 11 is 0. The molecule has 3 rings (SSSR count). The van der Waals surface area contributed by atoms with Gasteiger partial charge in [0, 0.05) is 35.7 Å². The zero-order valence-electron chi connectivity index (χ0n) is 16.8. The number of hydrazone groups is 1. The molecular weight excluding hydrogens is 356 g/mol. The number of hydrogen-bond donors (Lipinski definition) is 1. The minimum Gasteiger partial charge on any atom is -0.494 e. The van der Waals surface area contributed by atoms with E-state index < -0.39 is 0 Å². The highest BCUT2D eigenvalue weighted by Gasteiger charge is 2.14. The van der Waals surface area contributed by atoms with Crippen LogP contribution in [0.4, 0.5) is 0 Å². The number of aromatic nitrogens is 1. The lowest BCUT2D eigenvalue weighted by molar-refractivity contribution is -0.123. The summed E-state index contributed by atoms with van der Waals surface area (Å²) in [6.45, 7) is 9.96. The van der Waals surface area contributed by atoms with Crippen LogP contribution in [0.1, 0.15) is 23.9 Å². The Labute approximate surface area is 165 Å². The van der Waals surface area contributed by atoms with Crippen molar-refractivity contribution in [3.8, 4) is 11.4 Å². The number of carbonyl (C=O) groups excluding carboxylic acids is 1. The van der Waals surface area contributed by atoms with Gasteiger partial charge in [-0.3, -0.25) is 9.69 Å². The van der Waals surface area contributed by atoms with E-state index in [1.54, 1.807) is 6.21 Å². The van der Waals surface area contributed by atoms with E-state index in [1.807, 2.05) is 38.1 Å². The van der Waals surface area contributed by atoms with Gasteiger partial charge >= 0.3 is 0 Å². The first-order valence-electron chi connectivity index (χ1n) is 9.62. The van der Waals surface area contributed by atoms with Crippen molar-refractivity contribution >= 4 is 12.1 Å². The van der Waals surface area contributed by atoms with Crippen LogP contribution in [0.3, 0.4) is 0 Å². The summed E-state index contributed by atoms with van der Waals surface area (Å²) < 4.78 is 13.0. The number of hydrogen-bond acceptors (Lipinski definition) is 5. The summed E-state index contributed by atoms with van der Waals surface area (Å²) in [6, 6.07) is 10.1. The molecule has 1 saturated heterocycles. The Morgan fingerprint density at radius 3 is 2.64 bits per heavy atom. The quantitative estimate of drug-likeness (QED) is 0.587. The van der Waals surface area contributed by atoms with Crippen LogP contribution in [-0.2, 0) is 9.53 Å². The number of benzene rings is 1. The Balaban J connectivity index is 1.64. The number of nitrogens with one attached hydrogen (secondary N) is 1. The Bertz CT molecular complexity index is 821. The van der Waals surface area contributed by atoms with Crippen LogP contribution >= 0.6 is 0 Å². The summed E-state index contributed by atoms with van der Waals surface area (Å²) in [5.41, 5.74) is 6.82. The van der Waals surface area contributed by atoms with E-state index in [-0.39, 0.29) is 5.91 Å². The Morgan fingerprint density at radius 2 is 1.96 bits per heavy atom. The first kappa shape index (κ1) is 20.1. The number of carbonyl (C=O) groups is 1. The van der Waals surface area contributed by atoms with Crippen LogP contribution in [0.15, 0.2) is 35.4 Å². The van der Waals surface area contributed by atoms with Crippen molar-refractivity contribution < 1.29 is 14.3 Å². The maximum atomic E-state index is 12.0. The number of rotatable bonds is 7. The second kappa shape index (κ2) is 9.52. The maximum absolute atomic E-state index is 12.0. The van der Waals surface area contributed by atoms with E-state index in [1.165, 1.54) is 0 Å². The van der Waals surface area contributed by atoms with Crippen LogP contribution in [0.25, 0.3) is 5.69 Å².